The molecule has 0 saturated heterocycles. The van der Waals surface area contributed by atoms with Gasteiger partial charge < -0.3 is 34.0 Å². The highest BCUT2D eigenvalue weighted by molar-refractivity contribution is 7.53. The summed E-state index contributed by atoms with van der Waals surface area (Å²) >= 11 is 0. The molecular weight excluding hydrogens is 489 g/mol. The second-order valence-electron chi connectivity index (χ2n) is 7.67. The third kappa shape index (κ3) is 9.12. The lowest BCUT2D eigenvalue weighted by atomic mass is 10.4. The second kappa shape index (κ2) is 13.4. The van der Waals surface area contributed by atoms with Crippen molar-refractivity contribution in [3.8, 4) is 0 Å². The van der Waals surface area contributed by atoms with Gasteiger partial charge in [0.05, 0.1) is 31.2 Å². The lowest BCUT2D eigenvalue weighted by Gasteiger charge is -2.28. The van der Waals surface area contributed by atoms with Crippen LogP contribution in [0.3, 0.4) is 0 Å². The number of fused-ring (bicyclic) bond motifs is 1. The van der Waals surface area contributed by atoms with Crippen LogP contribution in [0.15, 0.2) is 12.7 Å². The van der Waals surface area contributed by atoms with E-state index in [0.717, 1.165) is 0 Å². The van der Waals surface area contributed by atoms with Gasteiger partial charge in [0.15, 0.2) is 11.5 Å². The van der Waals surface area contributed by atoms with E-state index in [9.17, 15) is 14.2 Å². The molecule has 0 spiro atoms. The van der Waals surface area contributed by atoms with Crippen LogP contribution in [0.4, 0.5) is 5.82 Å². The van der Waals surface area contributed by atoms with Gasteiger partial charge in [-0.05, 0) is 34.6 Å². The van der Waals surface area contributed by atoms with E-state index < -0.39 is 45.2 Å². The molecule has 0 fully saturated rings. The zero-order chi connectivity index (χ0) is 26.0. The van der Waals surface area contributed by atoms with Crippen LogP contribution in [-0.4, -0.2) is 70.1 Å². The summed E-state index contributed by atoms with van der Waals surface area (Å²) in [6, 6.07) is 0. The summed E-state index contributed by atoms with van der Waals surface area (Å²) in [7, 11) is -4.31. The molecule has 0 amide bonds. The normalized spacial score (nSPS) is 16.1. The molecule has 2 N–H and O–H groups in total. The number of aromatic nitrogens is 4. The van der Waals surface area contributed by atoms with E-state index >= 15 is 0 Å². The first-order valence-corrected chi connectivity index (χ1v) is 12.3. The number of rotatable bonds is 17. The maximum absolute atomic E-state index is 13.5. The molecule has 0 bridgehead atoms. The Morgan fingerprint density at radius 2 is 1.54 bits per heavy atom. The SMILES string of the molecule is CC(C)OC(OC=O)OP(=O)(COC(C)Cn1cnc2c(N)ncnc21)OC(OC=O)OC(C)C. The summed E-state index contributed by atoms with van der Waals surface area (Å²) in [4.78, 5) is 33.9. The van der Waals surface area contributed by atoms with Crippen LogP contribution in [0.25, 0.3) is 11.2 Å². The van der Waals surface area contributed by atoms with Crippen molar-refractivity contribution < 1.29 is 46.9 Å². The van der Waals surface area contributed by atoms with Crippen LogP contribution in [0.2, 0.25) is 0 Å². The molecule has 0 saturated carbocycles. The van der Waals surface area contributed by atoms with Gasteiger partial charge in [-0.1, -0.05) is 0 Å². The molecule has 16 heteroatoms. The molecule has 2 aromatic rings. The van der Waals surface area contributed by atoms with Crippen molar-refractivity contribution in [2.24, 2.45) is 0 Å². The number of nitrogen functional groups attached to an aromatic ring is 1. The minimum Gasteiger partial charge on any atom is -0.412 e. The predicted octanol–water partition coefficient (Wildman–Crippen LogP) is 1.76. The van der Waals surface area contributed by atoms with Crippen LogP contribution >= 0.6 is 7.60 Å². The van der Waals surface area contributed by atoms with Crippen molar-refractivity contribution in [1.82, 2.24) is 19.5 Å². The van der Waals surface area contributed by atoms with E-state index in [4.69, 9.17) is 38.5 Å². The first kappa shape index (κ1) is 28.6. The van der Waals surface area contributed by atoms with E-state index in [1.807, 2.05) is 0 Å². The Balaban J connectivity index is 2.17. The molecule has 2 rings (SSSR count). The van der Waals surface area contributed by atoms with E-state index in [1.54, 1.807) is 39.2 Å². The second-order valence-corrected chi connectivity index (χ2v) is 9.57. The standard InChI is InChI=1S/C19H30N5O10P/c1-12(2)31-18(28-9-25)33-35(27,34-19(29-10-26)32-13(3)4)11-30-14(5)6-24-8-23-15-16(20)21-7-22-17(15)24/h7-10,12-14,18-19H,6,11H2,1-5H3,(H2,20,21,22). The Morgan fingerprint density at radius 1 is 0.971 bits per heavy atom. The van der Waals surface area contributed by atoms with E-state index in [2.05, 4.69) is 15.0 Å². The molecule has 15 nitrogen and oxygen atoms in total. The van der Waals surface area contributed by atoms with Crippen molar-refractivity contribution in [2.45, 2.75) is 72.4 Å². The average Bonchev–Trinajstić information content (AvgIpc) is 3.16. The van der Waals surface area contributed by atoms with Gasteiger partial charge >= 0.3 is 20.5 Å². The largest absolute Gasteiger partial charge is 0.412 e. The number of anilines is 1. The quantitative estimate of drug-likeness (QED) is 0.181. The number of hydrogen-bond donors (Lipinski definition) is 1. The summed E-state index contributed by atoms with van der Waals surface area (Å²) < 4.78 is 51.5. The van der Waals surface area contributed by atoms with Crippen molar-refractivity contribution in [2.75, 3.05) is 12.1 Å². The molecule has 196 valence electrons. The highest BCUT2D eigenvalue weighted by Gasteiger charge is 2.37. The Bertz CT molecular complexity index is 974. The van der Waals surface area contributed by atoms with Crippen molar-refractivity contribution >= 4 is 37.5 Å². The summed E-state index contributed by atoms with van der Waals surface area (Å²) in [5.74, 6) is 0.228. The fourth-order valence-electron chi connectivity index (χ4n) is 2.63. The Morgan fingerprint density at radius 3 is 2.06 bits per heavy atom. The molecule has 2 aromatic heterocycles. The molecule has 0 aromatic carbocycles. The van der Waals surface area contributed by atoms with Gasteiger partial charge in [-0.15, -0.1) is 0 Å². The third-order valence-electron chi connectivity index (χ3n) is 3.99. The number of hydrogen-bond acceptors (Lipinski definition) is 14. The Labute approximate surface area is 201 Å². The fraction of sp³-hybridized carbons (Fsp3) is 0.632. The predicted molar refractivity (Wildman–Crippen MR) is 119 cm³/mol. The van der Waals surface area contributed by atoms with Gasteiger partial charge in [-0.25, -0.2) is 24.0 Å². The number of imidazole rings is 1. The topological polar surface area (TPSA) is 185 Å². The van der Waals surface area contributed by atoms with Crippen LogP contribution in [0.5, 0.6) is 0 Å². The summed E-state index contributed by atoms with van der Waals surface area (Å²) in [6.07, 6.45) is 0.672. The summed E-state index contributed by atoms with van der Waals surface area (Å²) in [6.45, 7) is 5.22. The molecule has 3 unspecified atom stereocenters. The maximum Gasteiger partial charge on any atom is 0.365 e. The Hall–Kier alpha value is -2.68. The van der Waals surface area contributed by atoms with Crippen LogP contribution in [0, 0.1) is 0 Å². The molecule has 2 heterocycles. The number of nitrogens with two attached hydrogens (primary N) is 1. The number of nitrogens with zero attached hydrogens (tertiary/aromatic N) is 4. The number of ether oxygens (including phenoxy) is 5. The van der Waals surface area contributed by atoms with Crippen LogP contribution in [-0.2, 0) is 53.4 Å². The zero-order valence-corrected chi connectivity index (χ0v) is 20.9. The number of carbonyl (C=O) groups excluding carboxylic acids is 2. The van der Waals surface area contributed by atoms with Crippen molar-refractivity contribution in [3.05, 3.63) is 12.7 Å². The lowest BCUT2D eigenvalue weighted by Crippen LogP contribution is -2.29. The zero-order valence-electron chi connectivity index (χ0n) is 20.0. The van der Waals surface area contributed by atoms with Crippen molar-refractivity contribution in [1.29, 1.82) is 0 Å². The van der Waals surface area contributed by atoms with E-state index in [1.165, 1.54) is 12.7 Å². The minimum absolute atomic E-state index is 0.0581. The fourth-order valence-corrected chi connectivity index (χ4v) is 3.96. The van der Waals surface area contributed by atoms with Gasteiger partial charge in [0, 0.05) is 0 Å². The molecule has 0 aliphatic heterocycles. The third-order valence-corrected chi connectivity index (χ3v) is 5.45. The highest BCUT2D eigenvalue weighted by Crippen LogP contribution is 2.51. The molecule has 3 atom stereocenters. The minimum atomic E-state index is -4.31. The molecule has 0 aliphatic rings. The first-order valence-electron chi connectivity index (χ1n) is 10.5. The smallest absolute Gasteiger partial charge is 0.365 e. The van der Waals surface area contributed by atoms with Crippen LogP contribution < -0.4 is 5.73 Å². The van der Waals surface area contributed by atoms with Gasteiger partial charge in [-0.2, -0.15) is 0 Å². The highest BCUT2D eigenvalue weighted by atomic mass is 31.2. The monoisotopic (exact) mass is 519 g/mol. The Kier molecular flexibility index (Phi) is 10.9. The van der Waals surface area contributed by atoms with Gasteiger partial charge in [-0.3, -0.25) is 14.2 Å². The maximum atomic E-state index is 13.5. The van der Waals surface area contributed by atoms with Crippen molar-refractivity contribution in [3.63, 3.8) is 0 Å². The molecule has 35 heavy (non-hydrogen) atoms. The molecular formula is C19H30N5O10P. The first-order chi connectivity index (χ1) is 16.6. The number of carbonyl (C=O) groups is 2. The van der Waals surface area contributed by atoms with E-state index in [0.29, 0.717) is 11.2 Å². The molecule has 0 aliphatic carbocycles. The van der Waals surface area contributed by atoms with Crippen LogP contribution in [0.1, 0.15) is 34.6 Å². The average molecular weight is 519 g/mol. The lowest BCUT2D eigenvalue weighted by molar-refractivity contribution is -0.268. The van der Waals surface area contributed by atoms with E-state index in [-0.39, 0.29) is 25.3 Å². The van der Waals surface area contributed by atoms with Gasteiger partial charge in [0.25, 0.3) is 12.9 Å². The summed E-state index contributed by atoms with van der Waals surface area (Å²) in [5.41, 5.74) is 6.71. The van der Waals surface area contributed by atoms with Gasteiger partial charge in [0.2, 0.25) is 0 Å². The van der Waals surface area contributed by atoms with Gasteiger partial charge in [0.1, 0.15) is 18.2 Å². The summed E-state index contributed by atoms with van der Waals surface area (Å²) in [5, 5.41) is 0. The molecule has 0 radical (unpaired) electrons.